The predicted molar refractivity (Wildman–Crippen MR) is 109 cm³/mol. The number of hydrogen-bond donors (Lipinski definition) is 0. The zero-order valence-corrected chi connectivity index (χ0v) is 16.1. The third kappa shape index (κ3) is 2.45. The number of nitrogens with zero attached hydrogens (tertiary/aromatic N) is 6. The van der Waals surface area contributed by atoms with Gasteiger partial charge in [0.25, 0.3) is 0 Å². The molecule has 136 valence electrons. The van der Waals surface area contributed by atoms with Crippen molar-refractivity contribution in [3.05, 3.63) is 54.4 Å². The van der Waals surface area contributed by atoms with Crippen LogP contribution in [-0.4, -0.2) is 28.7 Å². The van der Waals surface area contributed by atoms with Crippen LogP contribution in [0.1, 0.15) is 19.7 Å². The number of imidazole rings is 2. The van der Waals surface area contributed by atoms with Crippen LogP contribution < -0.4 is 0 Å². The Morgan fingerprint density at radius 3 is 2.30 bits per heavy atom. The SMILES string of the molecule is CCn1c(CSc2nnc3n(CC)c4ccccc4n23)nc2ccccc21. The molecule has 0 spiro atoms. The summed E-state index contributed by atoms with van der Waals surface area (Å²) in [5.41, 5.74) is 4.56. The second kappa shape index (κ2) is 6.42. The van der Waals surface area contributed by atoms with E-state index in [1.807, 2.05) is 6.07 Å². The van der Waals surface area contributed by atoms with E-state index in [1.54, 1.807) is 11.8 Å². The second-order valence-corrected chi connectivity index (χ2v) is 7.34. The quantitative estimate of drug-likeness (QED) is 0.428. The van der Waals surface area contributed by atoms with Crippen molar-refractivity contribution in [1.29, 1.82) is 0 Å². The molecule has 0 aliphatic rings. The van der Waals surface area contributed by atoms with Crippen molar-refractivity contribution >= 4 is 39.6 Å². The van der Waals surface area contributed by atoms with Crippen molar-refractivity contribution in [2.75, 3.05) is 0 Å². The summed E-state index contributed by atoms with van der Waals surface area (Å²) < 4.78 is 6.63. The number of hydrogen-bond acceptors (Lipinski definition) is 4. The monoisotopic (exact) mass is 376 g/mol. The molecular formula is C20H20N6S. The van der Waals surface area contributed by atoms with Gasteiger partial charge in [0, 0.05) is 13.1 Å². The van der Waals surface area contributed by atoms with Crippen LogP contribution in [0.2, 0.25) is 0 Å². The molecule has 27 heavy (non-hydrogen) atoms. The second-order valence-electron chi connectivity index (χ2n) is 6.40. The Kier molecular flexibility index (Phi) is 3.89. The molecule has 0 aliphatic heterocycles. The van der Waals surface area contributed by atoms with Gasteiger partial charge in [-0.25, -0.2) is 4.98 Å². The molecule has 3 aromatic heterocycles. The first kappa shape index (κ1) is 16.4. The molecule has 0 bridgehead atoms. The van der Waals surface area contributed by atoms with E-state index in [0.29, 0.717) is 0 Å². The fourth-order valence-corrected chi connectivity index (χ4v) is 4.65. The van der Waals surface area contributed by atoms with Crippen molar-refractivity contribution in [2.45, 2.75) is 37.8 Å². The first-order valence-corrected chi connectivity index (χ1v) is 10.2. The molecule has 5 aromatic rings. The molecule has 2 aromatic carbocycles. The van der Waals surface area contributed by atoms with E-state index in [1.165, 1.54) is 11.0 Å². The summed E-state index contributed by atoms with van der Waals surface area (Å²) in [7, 11) is 0. The predicted octanol–water partition coefficient (Wildman–Crippen LogP) is 4.37. The van der Waals surface area contributed by atoms with Crippen LogP contribution in [0.4, 0.5) is 0 Å². The van der Waals surface area contributed by atoms with Gasteiger partial charge in [-0.1, -0.05) is 36.0 Å². The highest BCUT2D eigenvalue weighted by Gasteiger charge is 2.17. The molecule has 0 atom stereocenters. The van der Waals surface area contributed by atoms with E-state index < -0.39 is 0 Å². The van der Waals surface area contributed by atoms with E-state index in [2.05, 4.69) is 80.0 Å². The Labute approximate surface area is 160 Å². The maximum Gasteiger partial charge on any atom is 0.237 e. The molecule has 0 radical (unpaired) electrons. The van der Waals surface area contributed by atoms with Crippen LogP contribution in [0, 0.1) is 0 Å². The molecule has 7 heteroatoms. The molecule has 0 unspecified atom stereocenters. The number of thioether (sulfide) groups is 1. The largest absolute Gasteiger partial charge is 0.328 e. The summed E-state index contributed by atoms with van der Waals surface area (Å²) in [5.74, 6) is 2.72. The molecule has 6 nitrogen and oxygen atoms in total. The van der Waals surface area contributed by atoms with Crippen LogP contribution in [0.25, 0.3) is 27.8 Å². The van der Waals surface area contributed by atoms with E-state index in [-0.39, 0.29) is 0 Å². The van der Waals surface area contributed by atoms with E-state index in [0.717, 1.165) is 46.6 Å². The molecule has 0 amide bonds. The molecular weight excluding hydrogens is 356 g/mol. The summed E-state index contributed by atoms with van der Waals surface area (Å²) in [4.78, 5) is 4.83. The van der Waals surface area contributed by atoms with Crippen LogP contribution in [0.3, 0.4) is 0 Å². The van der Waals surface area contributed by atoms with Gasteiger partial charge in [0.2, 0.25) is 5.78 Å². The Balaban J connectivity index is 1.56. The normalized spacial score (nSPS) is 11.9. The smallest absolute Gasteiger partial charge is 0.237 e. The van der Waals surface area contributed by atoms with Gasteiger partial charge >= 0.3 is 0 Å². The standard InChI is InChI=1S/C20H20N6S/c1-3-24-15-10-6-5-9-14(15)21-18(24)13-27-20-23-22-19-25(4-2)16-11-7-8-12-17(16)26(19)20/h5-12H,3-4,13H2,1-2H3. The minimum Gasteiger partial charge on any atom is -0.328 e. The molecule has 0 saturated heterocycles. The Morgan fingerprint density at radius 2 is 1.52 bits per heavy atom. The van der Waals surface area contributed by atoms with Gasteiger partial charge in [-0.3, -0.25) is 4.40 Å². The minimum atomic E-state index is 0.759. The zero-order valence-electron chi connectivity index (χ0n) is 15.3. The van der Waals surface area contributed by atoms with Crippen LogP contribution in [0.15, 0.2) is 53.7 Å². The van der Waals surface area contributed by atoms with Gasteiger partial charge in [0.1, 0.15) is 5.82 Å². The van der Waals surface area contributed by atoms with Crippen molar-refractivity contribution in [1.82, 2.24) is 28.7 Å². The van der Waals surface area contributed by atoms with Crippen molar-refractivity contribution in [2.24, 2.45) is 0 Å². The highest BCUT2D eigenvalue weighted by Crippen LogP contribution is 2.28. The number of aryl methyl sites for hydroxylation is 2. The first-order valence-electron chi connectivity index (χ1n) is 9.21. The highest BCUT2D eigenvalue weighted by atomic mass is 32.2. The molecule has 5 rings (SSSR count). The number of aromatic nitrogens is 6. The summed E-state index contributed by atoms with van der Waals surface area (Å²) in [5, 5.41) is 9.81. The molecule has 0 saturated carbocycles. The van der Waals surface area contributed by atoms with Crippen LogP contribution >= 0.6 is 11.8 Å². The third-order valence-electron chi connectivity index (χ3n) is 4.97. The van der Waals surface area contributed by atoms with Gasteiger partial charge in [-0.15, -0.1) is 10.2 Å². The molecule has 3 heterocycles. The molecule has 0 N–H and O–H groups in total. The number of rotatable bonds is 5. The summed E-state index contributed by atoms with van der Waals surface area (Å²) >= 11 is 1.69. The maximum atomic E-state index is 4.83. The lowest BCUT2D eigenvalue weighted by atomic mass is 10.3. The van der Waals surface area contributed by atoms with Gasteiger partial charge in [0.05, 0.1) is 27.8 Å². The Morgan fingerprint density at radius 1 is 0.815 bits per heavy atom. The summed E-state index contributed by atoms with van der Waals surface area (Å²) in [6.07, 6.45) is 0. The average molecular weight is 376 g/mol. The minimum absolute atomic E-state index is 0.759. The molecule has 0 fully saturated rings. The number of benzene rings is 2. The van der Waals surface area contributed by atoms with Crippen LogP contribution in [-0.2, 0) is 18.8 Å². The van der Waals surface area contributed by atoms with Gasteiger partial charge < -0.3 is 9.13 Å². The van der Waals surface area contributed by atoms with Gasteiger partial charge in [-0.05, 0) is 38.1 Å². The highest BCUT2D eigenvalue weighted by molar-refractivity contribution is 7.98. The third-order valence-corrected chi connectivity index (χ3v) is 5.89. The van der Waals surface area contributed by atoms with Crippen molar-refractivity contribution in [3.8, 4) is 0 Å². The fraction of sp³-hybridized carbons (Fsp3) is 0.250. The first-order chi connectivity index (χ1) is 13.3. The number of para-hydroxylation sites is 4. The lowest BCUT2D eigenvalue weighted by molar-refractivity contribution is 0.747. The van der Waals surface area contributed by atoms with Gasteiger partial charge in [-0.2, -0.15) is 0 Å². The summed E-state index contributed by atoms with van der Waals surface area (Å²) in [6.45, 7) is 6.07. The average Bonchev–Trinajstić information content (AvgIpc) is 3.36. The van der Waals surface area contributed by atoms with Crippen molar-refractivity contribution < 1.29 is 0 Å². The van der Waals surface area contributed by atoms with Gasteiger partial charge in [0.15, 0.2) is 5.16 Å². The lowest BCUT2D eigenvalue weighted by Crippen LogP contribution is -2.00. The Hall–Kier alpha value is -2.80. The zero-order chi connectivity index (χ0) is 18.4. The topological polar surface area (TPSA) is 52.9 Å². The fourth-order valence-electron chi connectivity index (χ4n) is 3.76. The van der Waals surface area contributed by atoms with E-state index >= 15 is 0 Å². The Bertz CT molecular complexity index is 1260. The lowest BCUT2D eigenvalue weighted by Gasteiger charge is -2.05. The summed E-state index contributed by atoms with van der Waals surface area (Å²) in [6, 6.07) is 16.7. The van der Waals surface area contributed by atoms with E-state index in [9.17, 15) is 0 Å². The maximum absolute atomic E-state index is 4.83. The molecule has 0 aliphatic carbocycles. The van der Waals surface area contributed by atoms with Crippen molar-refractivity contribution in [3.63, 3.8) is 0 Å². The van der Waals surface area contributed by atoms with E-state index in [4.69, 9.17) is 4.98 Å². The number of fused-ring (bicyclic) bond motifs is 4. The van der Waals surface area contributed by atoms with Crippen LogP contribution in [0.5, 0.6) is 0 Å².